The van der Waals surface area contributed by atoms with Crippen LogP contribution < -0.4 is 4.74 Å². The SMILES string of the molecule is Cc1ccc2c(c1)CN(Cc1[nH]ncc1C)CCO2. The van der Waals surface area contributed by atoms with Gasteiger partial charge in [0.25, 0.3) is 0 Å². The van der Waals surface area contributed by atoms with Gasteiger partial charge in [-0.3, -0.25) is 10.00 Å². The molecular formula is C15H19N3O. The second-order valence-corrected chi connectivity index (χ2v) is 5.20. The molecule has 0 unspecified atom stereocenters. The third-order valence-corrected chi connectivity index (χ3v) is 3.59. The molecule has 0 saturated carbocycles. The Hall–Kier alpha value is -1.81. The average Bonchev–Trinajstić information content (AvgIpc) is 2.67. The van der Waals surface area contributed by atoms with Crippen LogP contribution >= 0.6 is 0 Å². The highest BCUT2D eigenvalue weighted by Gasteiger charge is 2.16. The fraction of sp³-hybridized carbons (Fsp3) is 0.400. The summed E-state index contributed by atoms with van der Waals surface area (Å²) in [5, 5.41) is 7.16. The van der Waals surface area contributed by atoms with Crippen LogP contribution in [0.25, 0.3) is 0 Å². The number of rotatable bonds is 2. The fourth-order valence-corrected chi connectivity index (χ4v) is 2.47. The molecule has 4 nitrogen and oxygen atoms in total. The number of benzene rings is 1. The third kappa shape index (κ3) is 2.63. The first-order valence-electron chi connectivity index (χ1n) is 6.66. The molecule has 100 valence electrons. The Labute approximate surface area is 113 Å². The quantitative estimate of drug-likeness (QED) is 0.898. The first-order chi connectivity index (χ1) is 9.22. The predicted octanol–water partition coefficient (Wildman–Crippen LogP) is 2.42. The first-order valence-corrected chi connectivity index (χ1v) is 6.66. The summed E-state index contributed by atoms with van der Waals surface area (Å²) in [7, 11) is 0. The van der Waals surface area contributed by atoms with Gasteiger partial charge in [0.2, 0.25) is 0 Å². The second kappa shape index (κ2) is 5.05. The number of aromatic amines is 1. The van der Waals surface area contributed by atoms with E-state index in [1.807, 2.05) is 6.20 Å². The number of nitrogens with one attached hydrogen (secondary N) is 1. The van der Waals surface area contributed by atoms with E-state index in [0.29, 0.717) is 0 Å². The van der Waals surface area contributed by atoms with E-state index in [-0.39, 0.29) is 0 Å². The summed E-state index contributed by atoms with van der Waals surface area (Å²) < 4.78 is 5.82. The second-order valence-electron chi connectivity index (χ2n) is 5.20. The zero-order chi connectivity index (χ0) is 13.2. The van der Waals surface area contributed by atoms with Crippen LogP contribution in [0.2, 0.25) is 0 Å². The molecule has 0 saturated heterocycles. The molecule has 1 aromatic carbocycles. The number of nitrogens with zero attached hydrogens (tertiary/aromatic N) is 2. The Morgan fingerprint density at radius 2 is 2.26 bits per heavy atom. The van der Waals surface area contributed by atoms with Crippen molar-refractivity contribution in [3.63, 3.8) is 0 Å². The minimum Gasteiger partial charge on any atom is -0.492 e. The van der Waals surface area contributed by atoms with Crippen LogP contribution in [-0.2, 0) is 13.1 Å². The lowest BCUT2D eigenvalue weighted by Crippen LogP contribution is -2.25. The molecule has 0 bridgehead atoms. The maximum Gasteiger partial charge on any atom is 0.123 e. The highest BCUT2D eigenvalue weighted by molar-refractivity contribution is 5.37. The smallest absolute Gasteiger partial charge is 0.123 e. The van der Waals surface area contributed by atoms with E-state index in [2.05, 4.69) is 47.1 Å². The Kier molecular flexibility index (Phi) is 3.25. The standard InChI is InChI=1S/C15H19N3O/c1-11-3-4-15-13(7-11)9-18(5-6-19-15)10-14-12(2)8-16-17-14/h3-4,7-8H,5-6,9-10H2,1-2H3,(H,16,17). The fourth-order valence-electron chi connectivity index (χ4n) is 2.47. The van der Waals surface area contributed by atoms with Crippen molar-refractivity contribution in [2.75, 3.05) is 13.2 Å². The summed E-state index contributed by atoms with van der Waals surface area (Å²) in [6.45, 7) is 7.70. The van der Waals surface area contributed by atoms with Crippen molar-refractivity contribution >= 4 is 0 Å². The van der Waals surface area contributed by atoms with Gasteiger partial charge in [-0.1, -0.05) is 17.7 Å². The maximum absolute atomic E-state index is 5.82. The molecule has 2 heterocycles. The Morgan fingerprint density at radius 3 is 3.05 bits per heavy atom. The number of hydrogen-bond acceptors (Lipinski definition) is 3. The molecule has 4 heteroatoms. The molecule has 1 aliphatic rings. The number of ether oxygens (including phenoxy) is 1. The molecule has 1 aromatic heterocycles. The summed E-state index contributed by atoms with van der Waals surface area (Å²) in [5.74, 6) is 1.02. The van der Waals surface area contributed by atoms with Crippen molar-refractivity contribution in [1.82, 2.24) is 15.1 Å². The molecule has 2 aromatic rings. The molecule has 19 heavy (non-hydrogen) atoms. The van der Waals surface area contributed by atoms with Crippen LogP contribution in [0.1, 0.15) is 22.4 Å². The van der Waals surface area contributed by atoms with Crippen LogP contribution in [0.3, 0.4) is 0 Å². The Balaban J connectivity index is 1.80. The Morgan fingerprint density at radius 1 is 1.37 bits per heavy atom. The van der Waals surface area contributed by atoms with E-state index in [1.54, 1.807) is 0 Å². The molecule has 1 N–H and O–H groups in total. The van der Waals surface area contributed by atoms with Gasteiger partial charge in [0.1, 0.15) is 12.4 Å². The van der Waals surface area contributed by atoms with Crippen molar-refractivity contribution < 1.29 is 4.74 Å². The van der Waals surface area contributed by atoms with E-state index in [1.165, 1.54) is 22.4 Å². The van der Waals surface area contributed by atoms with Gasteiger partial charge in [-0.05, 0) is 25.5 Å². The van der Waals surface area contributed by atoms with Gasteiger partial charge in [-0.15, -0.1) is 0 Å². The van der Waals surface area contributed by atoms with Gasteiger partial charge < -0.3 is 4.74 Å². The molecule has 1 aliphatic heterocycles. The van der Waals surface area contributed by atoms with Crippen LogP contribution in [-0.4, -0.2) is 28.2 Å². The summed E-state index contributed by atoms with van der Waals surface area (Å²) >= 11 is 0. The van der Waals surface area contributed by atoms with Gasteiger partial charge in [0.15, 0.2) is 0 Å². The van der Waals surface area contributed by atoms with Crippen molar-refractivity contribution in [1.29, 1.82) is 0 Å². The van der Waals surface area contributed by atoms with Gasteiger partial charge in [0, 0.05) is 25.2 Å². The van der Waals surface area contributed by atoms with Crippen molar-refractivity contribution in [3.05, 3.63) is 46.8 Å². The number of fused-ring (bicyclic) bond motifs is 1. The highest BCUT2D eigenvalue weighted by atomic mass is 16.5. The summed E-state index contributed by atoms with van der Waals surface area (Å²) in [6.07, 6.45) is 1.88. The van der Waals surface area contributed by atoms with E-state index in [0.717, 1.165) is 32.0 Å². The molecule has 0 radical (unpaired) electrons. The number of aromatic nitrogens is 2. The number of aryl methyl sites for hydroxylation is 2. The molecule has 0 spiro atoms. The highest BCUT2D eigenvalue weighted by Crippen LogP contribution is 2.25. The minimum absolute atomic E-state index is 0.739. The van der Waals surface area contributed by atoms with Gasteiger partial charge in [0.05, 0.1) is 11.9 Å². The first kappa shape index (κ1) is 12.2. The van der Waals surface area contributed by atoms with Crippen LogP contribution in [0, 0.1) is 13.8 Å². The van der Waals surface area contributed by atoms with E-state index in [4.69, 9.17) is 4.74 Å². The van der Waals surface area contributed by atoms with Gasteiger partial charge in [-0.2, -0.15) is 5.10 Å². The lowest BCUT2D eigenvalue weighted by atomic mass is 10.1. The molecule has 0 atom stereocenters. The van der Waals surface area contributed by atoms with Gasteiger partial charge in [-0.25, -0.2) is 0 Å². The zero-order valence-corrected chi connectivity index (χ0v) is 11.4. The van der Waals surface area contributed by atoms with E-state index in [9.17, 15) is 0 Å². The largest absolute Gasteiger partial charge is 0.492 e. The topological polar surface area (TPSA) is 41.2 Å². The number of hydrogen-bond donors (Lipinski definition) is 1. The maximum atomic E-state index is 5.82. The summed E-state index contributed by atoms with van der Waals surface area (Å²) in [4.78, 5) is 2.39. The molecule has 0 aliphatic carbocycles. The lowest BCUT2D eigenvalue weighted by Gasteiger charge is -2.18. The molecule has 3 rings (SSSR count). The number of H-pyrrole nitrogens is 1. The predicted molar refractivity (Wildman–Crippen MR) is 74.1 cm³/mol. The van der Waals surface area contributed by atoms with Crippen molar-refractivity contribution in [2.45, 2.75) is 26.9 Å². The summed E-state index contributed by atoms with van der Waals surface area (Å²) in [6, 6.07) is 6.40. The molecule has 0 fully saturated rings. The van der Waals surface area contributed by atoms with Crippen LogP contribution in [0.5, 0.6) is 5.75 Å². The Bertz CT molecular complexity index is 577. The van der Waals surface area contributed by atoms with Gasteiger partial charge >= 0.3 is 0 Å². The van der Waals surface area contributed by atoms with E-state index >= 15 is 0 Å². The van der Waals surface area contributed by atoms with E-state index < -0.39 is 0 Å². The lowest BCUT2D eigenvalue weighted by molar-refractivity contribution is 0.217. The van der Waals surface area contributed by atoms with Crippen molar-refractivity contribution in [3.8, 4) is 5.75 Å². The summed E-state index contributed by atoms with van der Waals surface area (Å²) in [5.41, 5.74) is 4.96. The molecular weight excluding hydrogens is 238 g/mol. The molecule has 0 amide bonds. The van der Waals surface area contributed by atoms with Crippen LogP contribution in [0.15, 0.2) is 24.4 Å². The monoisotopic (exact) mass is 257 g/mol. The zero-order valence-electron chi connectivity index (χ0n) is 11.4. The minimum atomic E-state index is 0.739. The average molecular weight is 257 g/mol. The van der Waals surface area contributed by atoms with Crippen molar-refractivity contribution in [2.24, 2.45) is 0 Å². The third-order valence-electron chi connectivity index (χ3n) is 3.59. The van der Waals surface area contributed by atoms with Crippen LogP contribution in [0.4, 0.5) is 0 Å². The normalized spacial score (nSPS) is 15.7.